The van der Waals surface area contributed by atoms with Crippen LogP contribution in [0, 0.1) is 11.8 Å². The monoisotopic (exact) mass is 531 g/mol. The molecule has 206 valence electrons. The van der Waals surface area contributed by atoms with Gasteiger partial charge >= 0.3 is 0 Å². The molecule has 4 aromatic rings. The minimum Gasteiger partial charge on any atom is -0.491 e. The second-order valence-corrected chi connectivity index (χ2v) is 11.7. The maximum absolute atomic E-state index is 12.2. The van der Waals surface area contributed by atoms with Crippen LogP contribution in [-0.4, -0.2) is 42.2 Å². The van der Waals surface area contributed by atoms with E-state index in [0.717, 1.165) is 30.9 Å². The molecule has 5 rings (SSSR count). The highest BCUT2D eigenvalue weighted by atomic mass is 16.5. The Labute approximate surface area is 228 Å². The first-order chi connectivity index (χ1) is 18.5. The number of aryl methyl sites for hydroxylation is 1. The lowest BCUT2D eigenvalue weighted by Gasteiger charge is -2.20. The zero-order valence-corrected chi connectivity index (χ0v) is 23.8. The summed E-state index contributed by atoms with van der Waals surface area (Å²) in [6.45, 7) is 11.8. The number of Topliss-reactive ketones (excluding diaryl/α,β-unsaturated/α-hetero) is 1. The van der Waals surface area contributed by atoms with Crippen LogP contribution in [0.2, 0.25) is 0 Å². The Morgan fingerprint density at radius 1 is 1.21 bits per heavy atom. The van der Waals surface area contributed by atoms with Crippen molar-refractivity contribution in [1.82, 2.24) is 29.3 Å². The van der Waals surface area contributed by atoms with E-state index in [2.05, 4.69) is 60.7 Å². The fourth-order valence-corrected chi connectivity index (χ4v) is 4.66. The van der Waals surface area contributed by atoms with Gasteiger partial charge in [0.2, 0.25) is 5.95 Å². The van der Waals surface area contributed by atoms with Crippen LogP contribution in [0.1, 0.15) is 58.8 Å². The first kappa shape index (κ1) is 26.6. The largest absolute Gasteiger partial charge is 0.491 e. The molecule has 1 aliphatic rings. The number of pyridine rings is 2. The van der Waals surface area contributed by atoms with Gasteiger partial charge in [0.25, 0.3) is 0 Å². The summed E-state index contributed by atoms with van der Waals surface area (Å²) < 4.78 is 15.9. The molecule has 0 aromatic carbocycles. The molecule has 0 saturated heterocycles. The molecule has 10 heteroatoms. The summed E-state index contributed by atoms with van der Waals surface area (Å²) in [5.41, 5.74) is 3.00. The molecule has 0 amide bonds. The van der Waals surface area contributed by atoms with E-state index in [1.54, 1.807) is 31.6 Å². The molecule has 4 heterocycles. The highest BCUT2D eigenvalue weighted by molar-refractivity contribution is 5.85. The van der Waals surface area contributed by atoms with Gasteiger partial charge in [-0.25, -0.2) is 4.98 Å². The van der Waals surface area contributed by atoms with Gasteiger partial charge < -0.3 is 19.4 Å². The van der Waals surface area contributed by atoms with Gasteiger partial charge in [-0.2, -0.15) is 10.1 Å². The van der Waals surface area contributed by atoms with Crippen molar-refractivity contribution in [2.75, 3.05) is 12.4 Å². The average Bonchev–Trinajstić information content (AvgIpc) is 3.57. The summed E-state index contributed by atoms with van der Waals surface area (Å²) in [4.78, 5) is 25.8. The van der Waals surface area contributed by atoms with Crippen LogP contribution in [0.5, 0.6) is 17.2 Å². The molecule has 0 atom stereocenters. The fraction of sp³-hybridized carbons (Fsp3) is 0.483. The van der Waals surface area contributed by atoms with Gasteiger partial charge in [-0.1, -0.05) is 34.6 Å². The molecular formula is C29H37N7O3. The van der Waals surface area contributed by atoms with Crippen molar-refractivity contribution in [3.63, 3.8) is 0 Å². The van der Waals surface area contributed by atoms with Crippen LogP contribution < -0.4 is 14.8 Å². The Kier molecular flexibility index (Phi) is 7.05. The van der Waals surface area contributed by atoms with Crippen LogP contribution in [0.15, 0.2) is 30.6 Å². The number of hydrogen-bond donors (Lipinski definition) is 1. The molecule has 1 aliphatic carbocycles. The fourth-order valence-electron chi connectivity index (χ4n) is 4.66. The van der Waals surface area contributed by atoms with Crippen molar-refractivity contribution < 1.29 is 14.3 Å². The van der Waals surface area contributed by atoms with Crippen molar-refractivity contribution in [2.45, 2.75) is 65.8 Å². The van der Waals surface area contributed by atoms with Gasteiger partial charge in [-0.05, 0) is 24.8 Å². The van der Waals surface area contributed by atoms with E-state index in [1.807, 2.05) is 11.6 Å². The van der Waals surface area contributed by atoms with E-state index in [0.29, 0.717) is 52.4 Å². The average molecular weight is 532 g/mol. The lowest BCUT2D eigenvalue weighted by molar-refractivity contribution is -0.119. The summed E-state index contributed by atoms with van der Waals surface area (Å²) in [5.74, 6) is 3.73. The number of hydrogen-bond acceptors (Lipinski definition) is 8. The Morgan fingerprint density at radius 3 is 2.64 bits per heavy atom. The number of rotatable bonds is 10. The topological polar surface area (TPSA) is 109 Å². The van der Waals surface area contributed by atoms with Crippen molar-refractivity contribution in [3.05, 3.63) is 42.0 Å². The molecule has 0 radical (unpaired) electrons. The summed E-state index contributed by atoms with van der Waals surface area (Å²) in [6, 6.07) is 5.63. The van der Waals surface area contributed by atoms with Crippen LogP contribution in [0.25, 0.3) is 11.2 Å². The number of ketones is 1. The second kappa shape index (κ2) is 10.3. The number of carbonyl (C=O) groups excluding carboxylic acids is 1. The Morgan fingerprint density at radius 2 is 1.97 bits per heavy atom. The summed E-state index contributed by atoms with van der Waals surface area (Å²) in [5, 5.41) is 8.20. The van der Waals surface area contributed by atoms with Gasteiger partial charge in [-0.3, -0.25) is 14.5 Å². The minimum atomic E-state index is -0.0524. The third-order valence-corrected chi connectivity index (χ3v) is 6.75. The maximum atomic E-state index is 12.2. The molecule has 0 bridgehead atoms. The molecule has 0 aliphatic heterocycles. The summed E-state index contributed by atoms with van der Waals surface area (Å²) in [7, 11) is 3.49. The SMILES string of the molecule is COc1c(Oc2ccnc(CC(=O)C3CC3)c2)cnc2nc(Nc3cc(C(C)(C)C)n(CC(C)C)n3)n(C)c12. The number of ether oxygens (including phenoxy) is 2. The summed E-state index contributed by atoms with van der Waals surface area (Å²) in [6.07, 6.45) is 5.53. The van der Waals surface area contributed by atoms with E-state index >= 15 is 0 Å². The number of imidazole rings is 1. The molecular weight excluding hydrogens is 494 g/mol. The highest BCUT2D eigenvalue weighted by Crippen LogP contribution is 2.38. The van der Waals surface area contributed by atoms with Gasteiger partial charge in [0.1, 0.15) is 17.0 Å². The number of aromatic nitrogens is 6. The molecule has 1 N–H and O–H groups in total. The van der Waals surface area contributed by atoms with Crippen molar-refractivity contribution >= 4 is 28.7 Å². The van der Waals surface area contributed by atoms with Crippen LogP contribution in [0.3, 0.4) is 0 Å². The maximum Gasteiger partial charge on any atom is 0.211 e. The number of nitrogens with one attached hydrogen (secondary N) is 1. The first-order valence-electron chi connectivity index (χ1n) is 13.4. The van der Waals surface area contributed by atoms with Gasteiger partial charge in [0, 0.05) is 55.4 Å². The molecule has 39 heavy (non-hydrogen) atoms. The Hall–Kier alpha value is -3.95. The predicted octanol–water partition coefficient (Wildman–Crippen LogP) is 5.58. The highest BCUT2D eigenvalue weighted by Gasteiger charge is 2.29. The van der Waals surface area contributed by atoms with E-state index in [-0.39, 0.29) is 17.1 Å². The quantitative estimate of drug-likeness (QED) is 0.283. The summed E-state index contributed by atoms with van der Waals surface area (Å²) >= 11 is 0. The predicted molar refractivity (Wildman–Crippen MR) is 150 cm³/mol. The molecule has 0 spiro atoms. The third kappa shape index (κ3) is 5.74. The Bertz CT molecular complexity index is 1510. The zero-order chi connectivity index (χ0) is 27.9. The normalized spacial score (nSPS) is 13.7. The van der Waals surface area contributed by atoms with Crippen molar-refractivity contribution in [3.8, 4) is 17.2 Å². The molecule has 10 nitrogen and oxygen atoms in total. The number of carbonyl (C=O) groups is 1. The van der Waals surface area contributed by atoms with Gasteiger partial charge in [0.05, 0.1) is 19.0 Å². The van der Waals surface area contributed by atoms with Crippen LogP contribution in [-0.2, 0) is 30.2 Å². The van der Waals surface area contributed by atoms with Crippen molar-refractivity contribution in [2.24, 2.45) is 18.9 Å². The van der Waals surface area contributed by atoms with Gasteiger partial charge in [0.15, 0.2) is 23.0 Å². The van der Waals surface area contributed by atoms with E-state index < -0.39 is 0 Å². The van der Waals surface area contributed by atoms with E-state index in [9.17, 15) is 4.79 Å². The van der Waals surface area contributed by atoms with Crippen molar-refractivity contribution in [1.29, 1.82) is 0 Å². The minimum absolute atomic E-state index is 0.0524. The third-order valence-electron chi connectivity index (χ3n) is 6.75. The second-order valence-electron chi connectivity index (χ2n) is 11.7. The molecule has 1 fully saturated rings. The smallest absolute Gasteiger partial charge is 0.211 e. The van der Waals surface area contributed by atoms with Crippen LogP contribution >= 0.6 is 0 Å². The van der Waals surface area contributed by atoms with Crippen LogP contribution in [0.4, 0.5) is 11.8 Å². The Balaban J connectivity index is 1.43. The number of fused-ring (bicyclic) bond motifs is 1. The molecule has 1 saturated carbocycles. The lowest BCUT2D eigenvalue weighted by Crippen LogP contribution is -2.20. The van der Waals surface area contributed by atoms with Gasteiger partial charge in [-0.15, -0.1) is 0 Å². The first-order valence-corrected chi connectivity index (χ1v) is 13.4. The lowest BCUT2D eigenvalue weighted by atomic mass is 9.92. The number of anilines is 2. The molecule has 4 aromatic heterocycles. The molecule has 0 unspecified atom stereocenters. The number of nitrogens with zero attached hydrogens (tertiary/aromatic N) is 6. The standard InChI is InChI=1S/C29H37N7O3/c1-17(2)16-36-23(29(3,4)5)14-24(34-36)32-28-33-27-25(35(28)6)26(38-7)22(15-31-27)39-20-10-11-30-19(12-20)13-21(37)18-8-9-18/h10-12,14-15,17-18H,8-9,13,16H2,1-7H3,(H,31,32,33,34). The number of methoxy groups -OCH3 is 1. The van der Waals surface area contributed by atoms with E-state index in [4.69, 9.17) is 19.6 Å². The zero-order valence-electron chi connectivity index (χ0n) is 23.8. The van der Waals surface area contributed by atoms with E-state index in [1.165, 1.54) is 0 Å².